The second-order valence-electron chi connectivity index (χ2n) is 5.30. The molecule has 0 radical (unpaired) electrons. The molecule has 0 aliphatic heterocycles. The maximum absolute atomic E-state index is 6.14. The van der Waals surface area contributed by atoms with E-state index in [1.165, 1.54) is 19.3 Å². The van der Waals surface area contributed by atoms with Gasteiger partial charge in [0.25, 0.3) is 0 Å². The first-order valence-corrected chi connectivity index (χ1v) is 8.00. The van der Waals surface area contributed by atoms with Crippen molar-refractivity contribution < 1.29 is 0 Å². The zero-order valence-electron chi connectivity index (χ0n) is 11.6. The smallest absolute Gasteiger partial charge is 0.216 e. The van der Waals surface area contributed by atoms with Crippen molar-refractivity contribution in [3.05, 3.63) is 45.4 Å². The largest absolute Gasteiger partial charge is 0.250 e. The summed E-state index contributed by atoms with van der Waals surface area (Å²) in [5.41, 5.74) is 0.872. The lowest BCUT2D eigenvalue weighted by atomic mass is 9.89. The first kappa shape index (κ1) is 14.5. The lowest BCUT2D eigenvalue weighted by molar-refractivity contribution is 0.419. The quantitative estimate of drug-likeness (QED) is 0.667. The van der Waals surface area contributed by atoms with Crippen LogP contribution in [0.3, 0.4) is 0 Å². The van der Waals surface area contributed by atoms with Crippen LogP contribution in [0.4, 0.5) is 0 Å². The van der Waals surface area contributed by atoms with Gasteiger partial charge in [-0.2, -0.15) is 14.9 Å². The van der Waals surface area contributed by atoms with Gasteiger partial charge in [0.15, 0.2) is 5.82 Å². The summed E-state index contributed by atoms with van der Waals surface area (Å²) in [4.78, 5) is 0. The third-order valence-electron chi connectivity index (χ3n) is 3.86. The summed E-state index contributed by atoms with van der Waals surface area (Å²) >= 11 is 11.4. The summed E-state index contributed by atoms with van der Waals surface area (Å²) in [6.45, 7) is 0. The van der Waals surface area contributed by atoms with E-state index in [2.05, 4.69) is 15.3 Å². The monoisotopic (exact) mass is 320 g/mol. The number of H-pyrrole nitrogens is 1. The van der Waals surface area contributed by atoms with Crippen molar-refractivity contribution >= 4 is 30.0 Å². The van der Waals surface area contributed by atoms with E-state index in [4.69, 9.17) is 23.8 Å². The number of halogens is 1. The van der Waals surface area contributed by atoms with E-state index in [9.17, 15) is 0 Å². The molecule has 21 heavy (non-hydrogen) atoms. The highest BCUT2D eigenvalue weighted by Gasteiger charge is 2.21. The Kier molecular flexibility index (Phi) is 4.51. The number of nitrogens with zero attached hydrogens (tertiary/aromatic N) is 3. The van der Waals surface area contributed by atoms with Crippen LogP contribution in [0.5, 0.6) is 0 Å². The van der Waals surface area contributed by atoms with Crippen molar-refractivity contribution in [1.29, 1.82) is 0 Å². The minimum atomic E-state index is 0.440. The van der Waals surface area contributed by atoms with Crippen molar-refractivity contribution in [3.8, 4) is 0 Å². The van der Waals surface area contributed by atoms with Gasteiger partial charge >= 0.3 is 0 Å². The molecule has 0 unspecified atom stereocenters. The van der Waals surface area contributed by atoms with E-state index >= 15 is 0 Å². The van der Waals surface area contributed by atoms with Gasteiger partial charge in [0.2, 0.25) is 4.77 Å². The van der Waals surface area contributed by atoms with Crippen molar-refractivity contribution in [2.24, 2.45) is 5.10 Å². The van der Waals surface area contributed by atoms with Crippen LogP contribution in [0.25, 0.3) is 0 Å². The third kappa shape index (κ3) is 3.24. The molecule has 0 bridgehead atoms. The van der Waals surface area contributed by atoms with Gasteiger partial charge < -0.3 is 0 Å². The number of rotatable bonds is 3. The third-order valence-corrected chi connectivity index (χ3v) is 4.47. The van der Waals surface area contributed by atoms with Gasteiger partial charge in [0.05, 0.1) is 6.21 Å². The Labute approximate surface area is 133 Å². The Hall–Kier alpha value is -1.46. The zero-order chi connectivity index (χ0) is 14.7. The van der Waals surface area contributed by atoms with E-state index in [1.807, 2.05) is 24.3 Å². The number of hydrogen-bond acceptors (Lipinski definition) is 3. The molecule has 1 aromatic carbocycles. The van der Waals surface area contributed by atoms with Crippen LogP contribution in [-0.4, -0.2) is 21.1 Å². The molecular formula is C15H17ClN4S. The Balaban J connectivity index is 1.90. The first-order valence-electron chi connectivity index (χ1n) is 7.22. The summed E-state index contributed by atoms with van der Waals surface area (Å²) in [6.07, 6.45) is 7.85. The number of aromatic nitrogens is 3. The van der Waals surface area contributed by atoms with Crippen molar-refractivity contribution in [2.45, 2.75) is 38.0 Å². The lowest BCUT2D eigenvalue weighted by Gasteiger charge is -2.19. The van der Waals surface area contributed by atoms with Crippen LogP contribution < -0.4 is 0 Å². The molecule has 1 aromatic heterocycles. The lowest BCUT2D eigenvalue weighted by Crippen LogP contribution is -2.10. The summed E-state index contributed by atoms with van der Waals surface area (Å²) < 4.78 is 2.26. The normalized spacial score (nSPS) is 16.6. The van der Waals surface area contributed by atoms with E-state index in [-0.39, 0.29) is 0 Å². The molecule has 4 nitrogen and oxygen atoms in total. The predicted molar refractivity (Wildman–Crippen MR) is 87.7 cm³/mol. The van der Waals surface area contributed by atoms with E-state index in [0.29, 0.717) is 15.7 Å². The van der Waals surface area contributed by atoms with Gasteiger partial charge in [-0.3, -0.25) is 5.10 Å². The molecule has 3 rings (SSSR count). The molecule has 0 amide bonds. The highest BCUT2D eigenvalue weighted by Crippen LogP contribution is 2.31. The van der Waals surface area contributed by atoms with Crippen molar-refractivity contribution in [3.63, 3.8) is 0 Å². The van der Waals surface area contributed by atoms with Gasteiger partial charge in [-0.1, -0.05) is 49.1 Å². The van der Waals surface area contributed by atoms with E-state index < -0.39 is 0 Å². The minimum Gasteiger partial charge on any atom is -0.250 e. The molecule has 1 N–H and O–H groups in total. The topological polar surface area (TPSA) is 46.0 Å². The van der Waals surface area contributed by atoms with Gasteiger partial charge in [0.1, 0.15) is 0 Å². The van der Waals surface area contributed by atoms with Crippen LogP contribution in [-0.2, 0) is 0 Å². The summed E-state index contributed by atoms with van der Waals surface area (Å²) in [5, 5.41) is 12.4. The van der Waals surface area contributed by atoms with E-state index in [0.717, 1.165) is 24.2 Å². The molecule has 0 spiro atoms. The molecule has 110 valence electrons. The van der Waals surface area contributed by atoms with Gasteiger partial charge in [-0.25, -0.2) is 0 Å². The van der Waals surface area contributed by atoms with Crippen LogP contribution in [0, 0.1) is 4.77 Å². The Morgan fingerprint density at radius 3 is 2.81 bits per heavy atom. The molecule has 1 aliphatic carbocycles. The maximum Gasteiger partial charge on any atom is 0.216 e. The fraction of sp³-hybridized carbons (Fsp3) is 0.400. The SMILES string of the molecule is S=c1[nH]nc(C2CCCCC2)n1N=Cc1ccccc1Cl. The van der Waals surface area contributed by atoms with Gasteiger partial charge in [-0.15, -0.1) is 0 Å². The van der Waals surface area contributed by atoms with Crippen LogP contribution in [0.1, 0.15) is 49.4 Å². The molecule has 1 heterocycles. The Morgan fingerprint density at radius 2 is 2.05 bits per heavy atom. The fourth-order valence-corrected chi connectivity index (χ4v) is 3.11. The van der Waals surface area contributed by atoms with Gasteiger partial charge in [0, 0.05) is 16.5 Å². The highest BCUT2D eigenvalue weighted by atomic mass is 35.5. The van der Waals surface area contributed by atoms with E-state index in [1.54, 1.807) is 10.9 Å². The summed E-state index contributed by atoms with van der Waals surface area (Å²) in [6, 6.07) is 7.61. The first-order chi connectivity index (χ1) is 10.3. The molecule has 0 atom stereocenters. The fourth-order valence-electron chi connectivity index (χ4n) is 2.74. The average Bonchev–Trinajstić information content (AvgIpc) is 2.88. The average molecular weight is 321 g/mol. The Bertz CT molecular complexity index is 698. The highest BCUT2D eigenvalue weighted by molar-refractivity contribution is 7.71. The zero-order valence-corrected chi connectivity index (χ0v) is 13.2. The minimum absolute atomic E-state index is 0.440. The second-order valence-corrected chi connectivity index (χ2v) is 6.09. The van der Waals surface area contributed by atoms with Crippen LogP contribution in [0.2, 0.25) is 5.02 Å². The Morgan fingerprint density at radius 1 is 1.29 bits per heavy atom. The maximum atomic E-state index is 6.14. The molecule has 1 saturated carbocycles. The molecule has 2 aromatic rings. The van der Waals surface area contributed by atoms with Crippen LogP contribution >= 0.6 is 23.8 Å². The van der Waals surface area contributed by atoms with Crippen LogP contribution in [0.15, 0.2) is 29.4 Å². The molecular weight excluding hydrogens is 304 g/mol. The standard InChI is InChI=1S/C15H17ClN4S/c16-13-9-5-4-8-12(13)10-17-20-14(18-19-15(20)21)11-6-2-1-3-7-11/h4-5,8-11H,1-3,6-7H2,(H,19,21). The van der Waals surface area contributed by atoms with Crippen molar-refractivity contribution in [2.75, 3.05) is 0 Å². The summed E-state index contributed by atoms with van der Waals surface area (Å²) in [7, 11) is 0. The molecule has 1 fully saturated rings. The summed E-state index contributed by atoms with van der Waals surface area (Å²) in [5.74, 6) is 1.37. The predicted octanol–water partition coefficient (Wildman–Crippen LogP) is 4.52. The van der Waals surface area contributed by atoms with Crippen molar-refractivity contribution in [1.82, 2.24) is 14.9 Å². The number of hydrogen-bond donors (Lipinski definition) is 1. The molecule has 1 aliphatic rings. The molecule has 0 saturated heterocycles. The van der Waals surface area contributed by atoms with Gasteiger partial charge in [-0.05, 0) is 31.1 Å². The number of nitrogens with one attached hydrogen (secondary N) is 1. The number of aromatic amines is 1. The number of benzene rings is 1. The molecule has 6 heteroatoms. The second kappa shape index (κ2) is 6.54.